The van der Waals surface area contributed by atoms with E-state index in [1.165, 1.54) is 60.7 Å². The van der Waals surface area contributed by atoms with Gasteiger partial charge in [-0.15, -0.1) is 0 Å². The number of halogens is 2. The Morgan fingerprint density at radius 3 is 1.47 bits per heavy atom. The molecule has 3 aromatic carbocycles. The third-order valence-electron chi connectivity index (χ3n) is 4.21. The number of benzene rings is 3. The minimum Gasteiger partial charge on any atom is -0.322 e. The van der Waals surface area contributed by atoms with Crippen molar-refractivity contribution in [3.8, 4) is 0 Å². The normalized spacial score (nSPS) is 10.3. The van der Waals surface area contributed by atoms with E-state index in [1.807, 2.05) is 0 Å². The van der Waals surface area contributed by atoms with Crippen molar-refractivity contribution >= 4 is 57.8 Å². The van der Waals surface area contributed by atoms with Crippen LogP contribution in [0.4, 0.5) is 22.7 Å². The van der Waals surface area contributed by atoms with Gasteiger partial charge < -0.3 is 10.6 Å². The van der Waals surface area contributed by atoms with E-state index in [0.29, 0.717) is 0 Å². The zero-order valence-corrected chi connectivity index (χ0v) is 17.5. The van der Waals surface area contributed by atoms with E-state index in [0.717, 1.165) is 0 Å². The Kier molecular flexibility index (Phi) is 6.67. The quantitative estimate of drug-likeness (QED) is 0.365. The molecule has 0 bridgehead atoms. The van der Waals surface area contributed by atoms with E-state index in [-0.39, 0.29) is 43.9 Å². The number of anilines is 2. The van der Waals surface area contributed by atoms with E-state index >= 15 is 0 Å². The van der Waals surface area contributed by atoms with E-state index < -0.39 is 21.7 Å². The van der Waals surface area contributed by atoms with Crippen LogP contribution < -0.4 is 10.6 Å². The van der Waals surface area contributed by atoms with Gasteiger partial charge in [0.05, 0.1) is 9.81 Å². The summed E-state index contributed by atoms with van der Waals surface area (Å²) in [6.07, 6.45) is 0. The second-order valence-corrected chi connectivity index (χ2v) is 7.18. The molecule has 3 rings (SSSR count). The highest BCUT2D eigenvalue weighted by molar-refractivity contribution is 6.33. The predicted molar refractivity (Wildman–Crippen MR) is 115 cm³/mol. The summed E-state index contributed by atoms with van der Waals surface area (Å²) in [7, 11) is 0. The van der Waals surface area contributed by atoms with Crippen LogP contribution in [0.5, 0.6) is 0 Å². The van der Waals surface area contributed by atoms with Gasteiger partial charge in [-0.1, -0.05) is 29.3 Å². The molecule has 12 heteroatoms. The number of amides is 2. The first-order valence-electron chi connectivity index (χ1n) is 8.80. The van der Waals surface area contributed by atoms with Crippen LogP contribution in [0.15, 0.2) is 60.7 Å². The Balaban J connectivity index is 1.78. The van der Waals surface area contributed by atoms with Gasteiger partial charge in [0.15, 0.2) is 0 Å². The smallest absolute Gasteiger partial charge is 0.322 e. The zero-order chi connectivity index (χ0) is 23.4. The third-order valence-corrected chi connectivity index (χ3v) is 4.85. The van der Waals surface area contributed by atoms with Gasteiger partial charge in [-0.05, 0) is 42.5 Å². The van der Waals surface area contributed by atoms with Crippen LogP contribution in [-0.2, 0) is 0 Å². The van der Waals surface area contributed by atoms with Crippen LogP contribution in [0.1, 0.15) is 20.7 Å². The van der Waals surface area contributed by atoms with Crippen molar-refractivity contribution in [1.82, 2.24) is 0 Å². The molecule has 2 amide bonds. The molecule has 0 saturated carbocycles. The second-order valence-electron chi connectivity index (χ2n) is 6.37. The van der Waals surface area contributed by atoms with Crippen molar-refractivity contribution in [2.75, 3.05) is 10.6 Å². The molecular formula is C20H14Cl2N4O6+2. The predicted octanol–water partition coefficient (Wildman–Crippen LogP) is 5.10. The standard InChI is InChI=1S/C20H12Cl2N4O6/c21-15-6-4-13(9-17(15)25(29)30)23-19(27)11-2-1-3-12(8-11)20(28)24-14-5-7-16(22)18(10-14)26(31)32/h1-10H,(H2-2,23,24,27,28,29,30,31,32)/p+2. The summed E-state index contributed by atoms with van der Waals surface area (Å²) in [6, 6.07) is 13.6. The third kappa shape index (κ3) is 5.17. The molecule has 0 aliphatic heterocycles. The first kappa shape index (κ1) is 22.7. The number of rotatable bonds is 6. The molecule has 0 heterocycles. The van der Waals surface area contributed by atoms with E-state index in [9.17, 15) is 19.4 Å². The molecule has 0 aliphatic carbocycles. The van der Waals surface area contributed by atoms with E-state index in [2.05, 4.69) is 10.6 Å². The molecule has 0 saturated heterocycles. The fraction of sp³-hybridized carbons (Fsp3) is 0. The highest BCUT2D eigenvalue weighted by Gasteiger charge is 2.20. The maximum atomic E-state index is 12.6. The van der Waals surface area contributed by atoms with Gasteiger partial charge in [0.25, 0.3) is 21.7 Å². The topological polar surface area (TPSA) is 139 Å². The van der Waals surface area contributed by atoms with Gasteiger partial charge in [-0.2, -0.15) is 0 Å². The molecule has 0 atom stereocenters. The van der Waals surface area contributed by atoms with Crippen molar-refractivity contribution in [2.45, 2.75) is 0 Å². The molecule has 10 nitrogen and oxygen atoms in total. The molecule has 4 N–H and O–H groups in total. The molecule has 0 unspecified atom stereocenters. The van der Waals surface area contributed by atoms with Crippen LogP contribution in [0, 0.1) is 9.81 Å². The van der Waals surface area contributed by atoms with Crippen molar-refractivity contribution in [3.05, 3.63) is 91.6 Å². The first-order valence-corrected chi connectivity index (χ1v) is 9.55. The number of carbonyl (C=O) groups is 2. The summed E-state index contributed by atoms with van der Waals surface area (Å²) < 4.78 is 0. The average molecular weight is 477 g/mol. The lowest BCUT2D eigenvalue weighted by atomic mass is 10.1. The Bertz CT molecular complexity index is 1170. The lowest BCUT2D eigenvalue weighted by molar-refractivity contribution is -0.729. The molecule has 32 heavy (non-hydrogen) atoms. The summed E-state index contributed by atoms with van der Waals surface area (Å²) in [5, 5.41) is 23.2. The molecule has 0 spiro atoms. The molecule has 0 fully saturated rings. The highest BCUT2D eigenvalue weighted by Crippen LogP contribution is 2.28. The molecule has 0 aromatic heterocycles. The van der Waals surface area contributed by atoms with Crippen molar-refractivity contribution in [2.24, 2.45) is 0 Å². The number of hydrogen-bond acceptors (Lipinski definition) is 4. The van der Waals surface area contributed by atoms with Crippen LogP contribution in [0.2, 0.25) is 10.0 Å². The van der Waals surface area contributed by atoms with Gasteiger partial charge in [-0.25, -0.2) is 10.4 Å². The lowest BCUT2D eigenvalue weighted by Crippen LogP contribution is -2.15. The summed E-state index contributed by atoms with van der Waals surface area (Å²) in [5.74, 6) is -1.17. The van der Waals surface area contributed by atoms with Crippen LogP contribution in [-0.4, -0.2) is 32.1 Å². The van der Waals surface area contributed by atoms with Crippen LogP contribution in [0.25, 0.3) is 0 Å². The number of nitrogens with zero attached hydrogens (tertiary/aromatic N) is 2. The van der Waals surface area contributed by atoms with Gasteiger partial charge >= 0.3 is 11.4 Å². The van der Waals surface area contributed by atoms with Crippen molar-refractivity contribution in [3.63, 3.8) is 0 Å². The number of carbonyl (C=O) groups excluding carboxylic acids is 2. The minimum absolute atomic E-state index is 0.00850. The fourth-order valence-electron chi connectivity index (χ4n) is 2.68. The summed E-state index contributed by atoms with van der Waals surface area (Å²) >= 11 is 11.6. The van der Waals surface area contributed by atoms with E-state index in [1.54, 1.807) is 0 Å². The monoisotopic (exact) mass is 476 g/mol. The molecular weight excluding hydrogens is 463 g/mol. The Hall–Kier alpha value is -4.02. The largest absolute Gasteiger partial charge is 0.337 e. The molecule has 162 valence electrons. The maximum absolute atomic E-state index is 12.6. The molecule has 0 aliphatic rings. The zero-order valence-electron chi connectivity index (χ0n) is 16.0. The van der Waals surface area contributed by atoms with Crippen molar-refractivity contribution < 1.29 is 29.9 Å². The SMILES string of the molecule is O=C(Nc1ccc(Cl)c([N+](=O)O)c1)c1cccc(C(=O)Nc2ccc(Cl)c([N+](=O)O)c2)c1. The Labute approximate surface area is 190 Å². The minimum atomic E-state index is -0.584. The van der Waals surface area contributed by atoms with Crippen LogP contribution in [0.3, 0.4) is 0 Å². The van der Waals surface area contributed by atoms with Crippen molar-refractivity contribution in [1.29, 1.82) is 0 Å². The first-order chi connectivity index (χ1) is 15.2. The van der Waals surface area contributed by atoms with Crippen LogP contribution >= 0.6 is 23.2 Å². The fourth-order valence-corrected chi connectivity index (χ4v) is 3.06. The summed E-state index contributed by atoms with van der Waals surface area (Å²) in [6.45, 7) is 0. The lowest BCUT2D eigenvalue weighted by Gasteiger charge is -2.08. The van der Waals surface area contributed by atoms with Gasteiger partial charge in [0, 0.05) is 34.6 Å². The van der Waals surface area contributed by atoms with E-state index in [4.69, 9.17) is 33.6 Å². The summed E-state index contributed by atoms with van der Waals surface area (Å²) in [4.78, 5) is 46.5. The highest BCUT2D eigenvalue weighted by atomic mass is 35.5. The number of nitrogens with one attached hydrogen (secondary N) is 2. The Morgan fingerprint density at radius 2 is 1.09 bits per heavy atom. The molecule has 0 radical (unpaired) electrons. The Morgan fingerprint density at radius 1 is 0.688 bits per heavy atom. The second kappa shape index (κ2) is 9.41. The molecule has 3 aromatic rings. The average Bonchev–Trinajstić information content (AvgIpc) is 2.76. The van der Waals surface area contributed by atoms with Gasteiger partial charge in [0.2, 0.25) is 0 Å². The summed E-state index contributed by atoms with van der Waals surface area (Å²) in [5.41, 5.74) is 0.155. The van der Waals surface area contributed by atoms with Gasteiger partial charge in [0.1, 0.15) is 10.0 Å². The maximum Gasteiger partial charge on any atom is 0.337 e. The number of hydrogen-bond donors (Lipinski definition) is 4. The van der Waals surface area contributed by atoms with Gasteiger partial charge in [-0.3, -0.25) is 9.59 Å².